The quantitative estimate of drug-likeness (QED) is 0.579. The summed E-state index contributed by atoms with van der Waals surface area (Å²) in [4.78, 5) is 22.3. The largest absolute Gasteiger partial charge is 0.480 e. The monoisotopic (exact) mass is 254 g/mol. The molecule has 1 rings (SSSR count). The normalized spacial score (nSPS) is 10.1. The van der Waals surface area contributed by atoms with Crippen molar-refractivity contribution in [1.29, 1.82) is 0 Å². The lowest BCUT2D eigenvalue weighted by Gasteiger charge is -2.22. The molecule has 0 atom stereocenters. The minimum atomic E-state index is -0.968. The Labute approximate surface area is 104 Å². The lowest BCUT2D eigenvalue weighted by Crippen LogP contribution is -2.32. The third-order valence-electron chi connectivity index (χ3n) is 2.32. The number of carboxylic acid groups (broad SMARTS) is 1. The summed E-state index contributed by atoms with van der Waals surface area (Å²) in [6, 6.07) is 5.74. The number of ether oxygens (including phenoxy) is 1. The Morgan fingerprint density at radius 2 is 2.06 bits per heavy atom. The molecule has 0 saturated carbocycles. The number of methoxy groups -OCH3 is 1. The Kier molecular flexibility index (Phi) is 5.06. The minimum Gasteiger partial charge on any atom is -0.480 e. The van der Waals surface area contributed by atoms with Gasteiger partial charge in [-0.15, -0.1) is 0 Å². The van der Waals surface area contributed by atoms with E-state index in [2.05, 4.69) is 0 Å². The molecule has 0 aliphatic carbocycles. The summed E-state index contributed by atoms with van der Waals surface area (Å²) < 4.78 is 4.89. The zero-order valence-corrected chi connectivity index (χ0v) is 9.91. The molecule has 0 radical (unpaired) electrons. The van der Waals surface area contributed by atoms with E-state index in [4.69, 9.17) is 9.84 Å². The highest BCUT2D eigenvalue weighted by Gasteiger charge is 2.12. The number of benzene rings is 1. The molecule has 98 valence electrons. The van der Waals surface area contributed by atoms with Crippen molar-refractivity contribution in [3.63, 3.8) is 0 Å². The van der Waals surface area contributed by atoms with Crippen LogP contribution in [0.1, 0.15) is 0 Å². The van der Waals surface area contributed by atoms with Gasteiger partial charge in [-0.2, -0.15) is 0 Å². The molecular weight excluding hydrogens is 240 g/mol. The van der Waals surface area contributed by atoms with E-state index in [0.29, 0.717) is 18.8 Å². The second-order valence-electron chi connectivity index (χ2n) is 3.58. The standard InChI is InChI=1S/C11H14N2O5/c1-18-7-6-12(8-11(14)15)9-2-4-10(5-3-9)13(16)17/h2-5H,6-8H2,1H3,(H,14,15). The molecule has 0 aliphatic heterocycles. The molecule has 0 spiro atoms. The van der Waals surface area contributed by atoms with Gasteiger partial charge in [0.25, 0.3) is 5.69 Å². The number of carbonyl (C=O) groups is 1. The van der Waals surface area contributed by atoms with Gasteiger partial charge in [-0.1, -0.05) is 0 Å². The van der Waals surface area contributed by atoms with Crippen molar-refractivity contribution in [3.05, 3.63) is 34.4 Å². The van der Waals surface area contributed by atoms with Crippen LogP contribution in [0.15, 0.2) is 24.3 Å². The molecule has 18 heavy (non-hydrogen) atoms. The molecule has 0 aromatic heterocycles. The first-order chi connectivity index (χ1) is 8.54. The molecule has 0 aliphatic rings. The molecule has 0 bridgehead atoms. The third-order valence-corrected chi connectivity index (χ3v) is 2.32. The van der Waals surface area contributed by atoms with Crippen LogP contribution in [-0.4, -0.2) is 42.8 Å². The smallest absolute Gasteiger partial charge is 0.323 e. The maximum absolute atomic E-state index is 10.7. The summed E-state index contributed by atoms with van der Waals surface area (Å²) in [5.74, 6) is -0.968. The van der Waals surface area contributed by atoms with E-state index < -0.39 is 10.9 Å². The molecule has 7 heteroatoms. The predicted octanol–water partition coefficient (Wildman–Crippen LogP) is 1.13. The van der Waals surface area contributed by atoms with E-state index in [0.717, 1.165) is 0 Å². The van der Waals surface area contributed by atoms with Crippen molar-refractivity contribution in [2.45, 2.75) is 0 Å². The summed E-state index contributed by atoms with van der Waals surface area (Å²) >= 11 is 0. The van der Waals surface area contributed by atoms with E-state index in [-0.39, 0.29) is 12.2 Å². The second kappa shape index (κ2) is 6.55. The van der Waals surface area contributed by atoms with Crippen molar-refractivity contribution in [3.8, 4) is 0 Å². The van der Waals surface area contributed by atoms with E-state index in [9.17, 15) is 14.9 Å². The first-order valence-corrected chi connectivity index (χ1v) is 5.24. The van der Waals surface area contributed by atoms with Gasteiger partial charge >= 0.3 is 5.97 Å². The maximum atomic E-state index is 10.7. The van der Waals surface area contributed by atoms with Crippen molar-refractivity contribution < 1.29 is 19.6 Å². The summed E-state index contributed by atoms with van der Waals surface area (Å²) in [6.07, 6.45) is 0. The first kappa shape index (κ1) is 13.9. The summed E-state index contributed by atoms with van der Waals surface area (Å²) in [7, 11) is 1.52. The number of carboxylic acids is 1. The van der Waals surface area contributed by atoms with E-state index in [1.54, 1.807) is 4.90 Å². The summed E-state index contributed by atoms with van der Waals surface area (Å²) in [6.45, 7) is 0.603. The fourth-order valence-corrected chi connectivity index (χ4v) is 1.45. The molecular formula is C11H14N2O5. The number of hydrogen-bond acceptors (Lipinski definition) is 5. The van der Waals surface area contributed by atoms with E-state index in [1.807, 2.05) is 0 Å². The van der Waals surface area contributed by atoms with Gasteiger partial charge in [0.05, 0.1) is 11.5 Å². The molecule has 0 saturated heterocycles. The van der Waals surface area contributed by atoms with Gasteiger partial charge < -0.3 is 14.7 Å². The Morgan fingerprint density at radius 3 is 2.50 bits per heavy atom. The van der Waals surface area contributed by atoms with Crippen molar-refractivity contribution in [2.24, 2.45) is 0 Å². The van der Waals surface area contributed by atoms with Gasteiger partial charge in [0.15, 0.2) is 0 Å². The van der Waals surface area contributed by atoms with E-state index >= 15 is 0 Å². The SMILES string of the molecule is COCCN(CC(=O)O)c1ccc([N+](=O)[O-])cc1. The van der Waals surface area contributed by atoms with Crippen LogP contribution in [0.4, 0.5) is 11.4 Å². The van der Waals surface area contributed by atoms with Crippen molar-refractivity contribution >= 4 is 17.3 Å². The predicted molar refractivity (Wildman–Crippen MR) is 64.8 cm³/mol. The highest BCUT2D eigenvalue weighted by atomic mass is 16.6. The molecule has 0 amide bonds. The first-order valence-electron chi connectivity index (χ1n) is 5.24. The van der Waals surface area contributed by atoms with Crippen molar-refractivity contribution in [2.75, 3.05) is 31.7 Å². The van der Waals surface area contributed by atoms with Gasteiger partial charge in [-0.25, -0.2) is 0 Å². The molecule has 1 aromatic rings. The van der Waals surface area contributed by atoms with Crippen LogP contribution in [0.5, 0.6) is 0 Å². The molecule has 7 nitrogen and oxygen atoms in total. The number of nitro benzene ring substituents is 1. The highest BCUT2D eigenvalue weighted by Crippen LogP contribution is 2.19. The number of nitrogens with zero attached hydrogens (tertiary/aromatic N) is 2. The molecule has 0 unspecified atom stereocenters. The number of hydrogen-bond donors (Lipinski definition) is 1. The number of rotatable bonds is 7. The van der Waals surface area contributed by atoms with Crippen LogP contribution >= 0.6 is 0 Å². The van der Waals surface area contributed by atoms with Crippen LogP contribution in [0.25, 0.3) is 0 Å². The Hall–Kier alpha value is -2.15. The Morgan fingerprint density at radius 1 is 1.44 bits per heavy atom. The maximum Gasteiger partial charge on any atom is 0.323 e. The van der Waals surface area contributed by atoms with Crippen LogP contribution in [0, 0.1) is 10.1 Å². The second-order valence-corrected chi connectivity index (χ2v) is 3.58. The Balaban J connectivity index is 2.83. The van der Waals surface area contributed by atoms with Gasteiger partial charge in [-0.3, -0.25) is 14.9 Å². The van der Waals surface area contributed by atoms with E-state index in [1.165, 1.54) is 31.4 Å². The lowest BCUT2D eigenvalue weighted by molar-refractivity contribution is -0.384. The molecule has 1 aromatic carbocycles. The topological polar surface area (TPSA) is 92.9 Å². The van der Waals surface area contributed by atoms with Crippen LogP contribution < -0.4 is 4.90 Å². The van der Waals surface area contributed by atoms with Gasteiger partial charge in [0, 0.05) is 31.5 Å². The summed E-state index contributed by atoms with van der Waals surface area (Å²) in [5, 5.41) is 19.3. The number of aliphatic carboxylic acids is 1. The molecule has 1 N–H and O–H groups in total. The van der Waals surface area contributed by atoms with Crippen molar-refractivity contribution in [1.82, 2.24) is 0 Å². The fraction of sp³-hybridized carbons (Fsp3) is 0.364. The van der Waals surface area contributed by atoms with Gasteiger partial charge in [0.2, 0.25) is 0 Å². The zero-order valence-electron chi connectivity index (χ0n) is 9.91. The fourth-order valence-electron chi connectivity index (χ4n) is 1.45. The minimum absolute atomic E-state index is 0.0271. The highest BCUT2D eigenvalue weighted by molar-refractivity contribution is 5.73. The van der Waals surface area contributed by atoms with Gasteiger partial charge in [-0.05, 0) is 12.1 Å². The number of nitro groups is 1. The summed E-state index contributed by atoms with van der Waals surface area (Å²) in [5.41, 5.74) is 0.584. The van der Waals surface area contributed by atoms with Gasteiger partial charge in [0.1, 0.15) is 6.54 Å². The molecule has 0 heterocycles. The third kappa shape index (κ3) is 4.02. The average Bonchev–Trinajstić information content (AvgIpc) is 2.34. The van der Waals surface area contributed by atoms with Crippen LogP contribution in [0.2, 0.25) is 0 Å². The van der Waals surface area contributed by atoms with Crippen LogP contribution in [-0.2, 0) is 9.53 Å². The van der Waals surface area contributed by atoms with Crippen LogP contribution in [0.3, 0.4) is 0 Å². The number of non-ortho nitro benzene ring substituents is 1. The Bertz CT molecular complexity index is 418. The zero-order chi connectivity index (χ0) is 13.5. The molecule has 0 fully saturated rings. The lowest BCUT2D eigenvalue weighted by atomic mass is 10.2. The average molecular weight is 254 g/mol. The number of anilines is 1.